The Kier molecular flexibility index (Phi) is 5.75. The van der Waals surface area contributed by atoms with Crippen LogP contribution in [0.25, 0.3) is 10.9 Å². The van der Waals surface area contributed by atoms with Crippen LogP contribution in [0.5, 0.6) is 0 Å². The van der Waals surface area contributed by atoms with Gasteiger partial charge in [0.2, 0.25) is 23.7 Å². The molecule has 0 bridgehead atoms. The summed E-state index contributed by atoms with van der Waals surface area (Å²) in [6.07, 6.45) is -0.0882. The Morgan fingerprint density at radius 1 is 1.10 bits per heavy atom. The normalized spacial score (nSPS) is 15.9. The highest BCUT2D eigenvalue weighted by atomic mass is 35.5. The molecule has 2 heterocycles. The summed E-state index contributed by atoms with van der Waals surface area (Å²) in [5.41, 5.74) is 3.08. The standard InChI is InChI=1S/C21H18Cl2N6O2/c1-10-3-5-13-11(2)24-20(26-16(13)7-10)29-21-27-17(9-18(30)28-21)19(31)25-12-4-6-14(22)15(23)8-12/h3-8,17H,9H2,1-2H3,(H,25,31)(H2,24,26,27,28,29,30)/t17-/m1/s1. The van der Waals surface area contributed by atoms with Gasteiger partial charge < -0.3 is 5.32 Å². The SMILES string of the molecule is Cc1ccc2c(C)nc(NC3=N[C@@H](C(=O)Nc4ccc(Cl)c(Cl)c4)CC(=O)N3)nc2c1. The van der Waals surface area contributed by atoms with E-state index in [4.69, 9.17) is 23.2 Å². The first-order valence-electron chi connectivity index (χ1n) is 9.44. The Morgan fingerprint density at radius 3 is 2.68 bits per heavy atom. The predicted octanol–water partition coefficient (Wildman–Crippen LogP) is 3.85. The summed E-state index contributed by atoms with van der Waals surface area (Å²) >= 11 is 11.9. The van der Waals surface area contributed by atoms with E-state index in [-0.39, 0.29) is 24.2 Å². The number of guanidine groups is 1. The van der Waals surface area contributed by atoms with Crippen LogP contribution >= 0.6 is 23.2 Å². The van der Waals surface area contributed by atoms with Gasteiger partial charge in [-0.05, 0) is 43.7 Å². The first-order valence-corrected chi connectivity index (χ1v) is 10.2. The van der Waals surface area contributed by atoms with Crippen LogP contribution in [-0.2, 0) is 9.59 Å². The van der Waals surface area contributed by atoms with Crippen LogP contribution in [0, 0.1) is 13.8 Å². The van der Waals surface area contributed by atoms with Crippen molar-refractivity contribution in [2.75, 3.05) is 10.6 Å². The molecule has 10 heteroatoms. The van der Waals surface area contributed by atoms with Gasteiger partial charge in [0.25, 0.3) is 0 Å². The number of carbonyl (C=O) groups excluding carboxylic acids is 2. The average Bonchev–Trinajstić information content (AvgIpc) is 2.70. The maximum absolute atomic E-state index is 12.6. The maximum atomic E-state index is 12.6. The van der Waals surface area contributed by atoms with Gasteiger partial charge in [-0.1, -0.05) is 35.3 Å². The third-order valence-electron chi connectivity index (χ3n) is 4.68. The summed E-state index contributed by atoms with van der Waals surface area (Å²) in [6.45, 7) is 3.85. The minimum atomic E-state index is -0.922. The monoisotopic (exact) mass is 456 g/mol. The number of hydrogen-bond acceptors (Lipinski definition) is 6. The van der Waals surface area contributed by atoms with E-state index in [1.54, 1.807) is 12.1 Å². The molecule has 158 valence electrons. The molecular formula is C21H18Cl2N6O2. The zero-order chi connectivity index (χ0) is 22.1. The quantitative estimate of drug-likeness (QED) is 0.554. The van der Waals surface area contributed by atoms with Crippen LogP contribution in [-0.4, -0.2) is 33.8 Å². The van der Waals surface area contributed by atoms with E-state index in [2.05, 4.69) is 30.9 Å². The molecule has 2 aromatic carbocycles. The number of amides is 2. The van der Waals surface area contributed by atoms with E-state index in [1.165, 1.54) is 6.07 Å². The van der Waals surface area contributed by atoms with Crippen molar-refractivity contribution in [3.05, 3.63) is 57.7 Å². The third kappa shape index (κ3) is 4.76. The Morgan fingerprint density at radius 2 is 1.90 bits per heavy atom. The molecule has 0 fully saturated rings. The van der Waals surface area contributed by atoms with Crippen LogP contribution in [0.2, 0.25) is 10.0 Å². The van der Waals surface area contributed by atoms with Crippen LogP contribution in [0.3, 0.4) is 0 Å². The zero-order valence-electron chi connectivity index (χ0n) is 16.7. The van der Waals surface area contributed by atoms with Crippen molar-refractivity contribution in [2.24, 2.45) is 4.99 Å². The lowest BCUT2D eigenvalue weighted by Crippen LogP contribution is -2.46. The molecule has 8 nitrogen and oxygen atoms in total. The lowest BCUT2D eigenvalue weighted by Gasteiger charge is -2.21. The average molecular weight is 457 g/mol. The smallest absolute Gasteiger partial charge is 0.249 e. The molecule has 0 unspecified atom stereocenters. The second-order valence-electron chi connectivity index (χ2n) is 7.14. The summed E-state index contributed by atoms with van der Waals surface area (Å²) < 4.78 is 0. The molecule has 0 saturated heterocycles. The van der Waals surface area contributed by atoms with Crippen molar-refractivity contribution in [2.45, 2.75) is 26.3 Å². The van der Waals surface area contributed by atoms with E-state index in [1.807, 2.05) is 32.0 Å². The van der Waals surface area contributed by atoms with Gasteiger partial charge in [-0.25, -0.2) is 15.0 Å². The zero-order valence-corrected chi connectivity index (χ0v) is 18.2. The summed E-state index contributed by atoms with van der Waals surface area (Å²) in [6, 6.07) is 9.71. The van der Waals surface area contributed by atoms with Gasteiger partial charge in [-0.3, -0.25) is 20.2 Å². The molecule has 0 spiro atoms. The van der Waals surface area contributed by atoms with Gasteiger partial charge in [0.1, 0.15) is 6.04 Å². The van der Waals surface area contributed by atoms with E-state index < -0.39 is 11.9 Å². The fourth-order valence-corrected chi connectivity index (χ4v) is 3.46. The van der Waals surface area contributed by atoms with Crippen molar-refractivity contribution in [3.8, 4) is 0 Å². The Hall–Kier alpha value is -3.23. The molecule has 31 heavy (non-hydrogen) atoms. The third-order valence-corrected chi connectivity index (χ3v) is 5.42. The lowest BCUT2D eigenvalue weighted by atomic mass is 10.1. The number of rotatable bonds is 3. The van der Waals surface area contributed by atoms with E-state index in [0.29, 0.717) is 15.7 Å². The first-order chi connectivity index (χ1) is 14.8. The molecule has 1 atom stereocenters. The van der Waals surface area contributed by atoms with E-state index in [0.717, 1.165) is 22.2 Å². The van der Waals surface area contributed by atoms with Crippen molar-refractivity contribution in [1.29, 1.82) is 0 Å². The highest BCUT2D eigenvalue weighted by Gasteiger charge is 2.27. The number of benzene rings is 2. The minimum absolute atomic E-state index is 0.0882. The first kappa shape index (κ1) is 21.0. The predicted molar refractivity (Wildman–Crippen MR) is 122 cm³/mol. The van der Waals surface area contributed by atoms with Crippen molar-refractivity contribution in [3.63, 3.8) is 0 Å². The minimum Gasteiger partial charge on any atom is -0.324 e. The topological polar surface area (TPSA) is 108 Å². The number of carbonyl (C=O) groups is 2. The lowest BCUT2D eigenvalue weighted by molar-refractivity contribution is -0.124. The van der Waals surface area contributed by atoms with Gasteiger partial charge in [0.15, 0.2) is 0 Å². The van der Waals surface area contributed by atoms with E-state index in [9.17, 15) is 9.59 Å². The van der Waals surface area contributed by atoms with Gasteiger partial charge in [-0.2, -0.15) is 0 Å². The van der Waals surface area contributed by atoms with Gasteiger partial charge in [0, 0.05) is 11.1 Å². The molecule has 0 radical (unpaired) electrons. The molecule has 1 aromatic heterocycles. The summed E-state index contributed by atoms with van der Waals surface area (Å²) in [5, 5.41) is 9.84. The Bertz CT molecular complexity index is 1240. The fourth-order valence-electron chi connectivity index (χ4n) is 3.17. The Labute approximate surface area is 188 Å². The number of nitrogens with one attached hydrogen (secondary N) is 3. The number of aryl methyl sites for hydroxylation is 2. The van der Waals surface area contributed by atoms with Crippen LogP contribution in [0.15, 0.2) is 41.4 Å². The summed E-state index contributed by atoms with van der Waals surface area (Å²) in [7, 11) is 0. The van der Waals surface area contributed by atoms with Crippen molar-refractivity contribution >= 4 is 63.5 Å². The number of hydrogen-bond donors (Lipinski definition) is 3. The summed E-state index contributed by atoms with van der Waals surface area (Å²) in [4.78, 5) is 38.0. The molecular weight excluding hydrogens is 439 g/mol. The van der Waals surface area contributed by atoms with E-state index >= 15 is 0 Å². The largest absolute Gasteiger partial charge is 0.324 e. The number of aliphatic imine (C=N–C) groups is 1. The Balaban J connectivity index is 1.55. The molecule has 1 aliphatic heterocycles. The highest BCUT2D eigenvalue weighted by molar-refractivity contribution is 6.42. The second kappa shape index (κ2) is 8.49. The molecule has 1 aliphatic rings. The van der Waals surface area contributed by atoms with Crippen LogP contribution in [0.4, 0.5) is 11.6 Å². The molecule has 3 aromatic rings. The number of halogens is 2. The number of anilines is 2. The van der Waals surface area contributed by atoms with Crippen LogP contribution in [0.1, 0.15) is 17.7 Å². The van der Waals surface area contributed by atoms with Crippen molar-refractivity contribution in [1.82, 2.24) is 15.3 Å². The molecule has 3 N–H and O–H groups in total. The molecule has 4 rings (SSSR count). The van der Waals surface area contributed by atoms with Gasteiger partial charge in [0.05, 0.1) is 27.7 Å². The summed E-state index contributed by atoms with van der Waals surface area (Å²) in [5.74, 6) is -0.406. The van der Waals surface area contributed by atoms with Crippen LogP contribution < -0.4 is 16.0 Å². The molecule has 0 aliphatic carbocycles. The highest BCUT2D eigenvalue weighted by Crippen LogP contribution is 2.25. The van der Waals surface area contributed by atoms with Gasteiger partial charge in [-0.15, -0.1) is 0 Å². The van der Waals surface area contributed by atoms with Gasteiger partial charge >= 0.3 is 0 Å². The fraction of sp³-hybridized carbons (Fsp3) is 0.190. The maximum Gasteiger partial charge on any atom is 0.249 e. The molecule has 0 saturated carbocycles. The number of fused-ring (bicyclic) bond motifs is 1. The van der Waals surface area contributed by atoms with Crippen molar-refractivity contribution < 1.29 is 9.59 Å². The number of nitrogens with zero attached hydrogens (tertiary/aromatic N) is 3. The second-order valence-corrected chi connectivity index (χ2v) is 7.96. The number of aromatic nitrogens is 2. The molecule has 2 amide bonds.